The molecule has 118 valence electrons. The number of halogens is 2. The van der Waals surface area contributed by atoms with Crippen LogP contribution in [0.1, 0.15) is 33.1 Å². The number of likely N-dealkylation sites (tertiary alicyclic amines) is 1. The summed E-state index contributed by atoms with van der Waals surface area (Å²) < 4.78 is 26.0. The lowest BCUT2D eigenvalue weighted by Gasteiger charge is -2.32. The van der Waals surface area contributed by atoms with Gasteiger partial charge in [0.25, 0.3) is 5.92 Å². The number of carbonyl (C=O) groups is 1. The molecule has 0 aromatic rings. The summed E-state index contributed by atoms with van der Waals surface area (Å²) in [5, 5.41) is 2.85. The number of hydrogen-bond donors (Lipinski definition) is 1. The number of nitrogens with one attached hydrogen (secondary N) is 1. The quantitative estimate of drug-likeness (QED) is 0.773. The molecule has 1 heterocycles. The first kappa shape index (κ1) is 17.3. The number of hydrogen-bond acceptors (Lipinski definition) is 3. The minimum Gasteiger partial charge on any atom is -0.353 e. The van der Waals surface area contributed by atoms with E-state index in [4.69, 9.17) is 0 Å². The van der Waals surface area contributed by atoms with Crippen LogP contribution in [-0.2, 0) is 4.79 Å². The number of likely N-dealkylation sites (N-methyl/N-ethyl adjacent to an activating group) is 1. The third kappa shape index (κ3) is 7.14. The molecule has 1 aliphatic rings. The summed E-state index contributed by atoms with van der Waals surface area (Å²) in [5.41, 5.74) is 0. The van der Waals surface area contributed by atoms with Gasteiger partial charge in [-0.05, 0) is 40.4 Å². The Hall–Kier alpha value is -0.750. The Bertz CT molecular complexity index is 301. The topological polar surface area (TPSA) is 35.6 Å². The second kappa shape index (κ2) is 7.88. The molecule has 1 amide bonds. The van der Waals surface area contributed by atoms with E-state index in [9.17, 15) is 13.6 Å². The van der Waals surface area contributed by atoms with E-state index in [1.54, 1.807) is 0 Å². The van der Waals surface area contributed by atoms with Gasteiger partial charge in [-0.1, -0.05) is 0 Å². The molecule has 20 heavy (non-hydrogen) atoms. The number of carbonyl (C=O) groups excluding carboxylic acids is 1. The molecule has 1 N–H and O–H groups in total. The lowest BCUT2D eigenvalue weighted by molar-refractivity contribution is -0.122. The monoisotopic (exact) mass is 291 g/mol. The SMILES string of the molecule is CC(C)NC(=O)CN(C)CCCN1CCC(F)(F)CC1. The second-order valence-electron chi connectivity index (χ2n) is 6.01. The normalized spacial score (nSPS) is 19.6. The summed E-state index contributed by atoms with van der Waals surface area (Å²) in [6.45, 7) is 6.84. The fraction of sp³-hybridized carbons (Fsp3) is 0.929. The van der Waals surface area contributed by atoms with E-state index in [1.807, 2.05) is 25.8 Å². The molecule has 1 saturated heterocycles. The van der Waals surface area contributed by atoms with E-state index in [1.165, 1.54) is 0 Å². The van der Waals surface area contributed by atoms with Gasteiger partial charge in [-0.25, -0.2) is 8.78 Å². The smallest absolute Gasteiger partial charge is 0.250 e. The fourth-order valence-corrected chi connectivity index (χ4v) is 2.36. The van der Waals surface area contributed by atoms with Gasteiger partial charge < -0.3 is 10.2 Å². The van der Waals surface area contributed by atoms with Crippen LogP contribution in [0.2, 0.25) is 0 Å². The Labute approximate surface area is 120 Å². The van der Waals surface area contributed by atoms with E-state index >= 15 is 0 Å². The van der Waals surface area contributed by atoms with E-state index in [2.05, 4.69) is 10.2 Å². The summed E-state index contributed by atoms with van der Waals surface area (Å²) in [5.74, 6) is -2.44. The van der Waals surface area contributed by atoms with Crippen molar-refractivity contribution in [3.8, 4) is 0 Å². The van der Waals surface area contributed by atoms with Crippen LogP contribution >= 0.6 is 0 Å². The minimum absolute atomic E-state index is 0.0279. The average Bonchev–Trinajstić information content (AvgIpc) is 2.30. The van der Waals surface area contributed by atoms with Crippen LogP contribution in [0, 0.1) is 0 Å². The highest BCUT2D eigenvalue weighted by molar-refractivity contribution is 5.78. The number of nitrogens with zero attached hydrogens (tertiary/aromatic N) is 2. The molecule has 0 saturated carbocycles. The van der Waals surface area contributed by atoms with Gasteiger partial charge in [0.1, 0.15) is 0 Å². The molecular weight excluding hydrogens is 264 g/mol. The third-order valence-corrected chi connectivity index (χ3v) is 3.46. The van der Waals surface area contributed by atoms with Gasteiger partial charge in [-0.15, -0.1) is 0 Å². The van der Waals surface area contributed by atoms with Crippen molar-refractivity contribution in [3.63, 3.8) is 0 Å². The van der Waals surface area contributed by atoms with Crippen molar-refractivity contribution in [2.45, 2.75) is 45.1 Å². The zero-order valence-corrected chi connectivity index (χ0v) is 12.8. The predicted octanol–water partition coefficient (Wildman–Crippen LogP) is 1.56. The fourth-order valence-electron chi connectivity index (χ4n) is 2.36. The molecule has 0 aromatic heterocycles. The van der Waals surface area contributed by atoms with Crippen molar-refractivity contribution >= 4 is 5.91 Å². The van der Waals surface area contributed by atoms with Crippen molar-refractivity contribution in [2.24, 2.45) is 0 Å². The number of rotatable bonds is 7. The zero-order chi connectivity index (χ0) is 15.2. The largest absolute Gasteiger partial charge is 0.353 e. The van der Waals surface area contributed by atoms with Crippen LogP contribution in [0.25, 0.3) is 0 Å². The Balaban J connectivity index is 2.10. The van der Waals surface area contributed by atoms with E-state index in [-0.39, 0.29) is 24.8 Å². The predicted molar refractivity (Wildman–Crippen MR) is 76.0 cm³/mol. The van der Waals surface area contributed by atoms with Crippen LogP contribution < -0.4 is 5.32 Å². The Morgan fingerprint density at radius 2 is 1.95 bits per heavy atom. The van der Waals surface area contributed by atoms with Gasteiger partial charge in [0.2, 0.25) is 5.91 Å². The Kier molecular flexibility index (Phi) is 6.82. The first-order valence-corrected chi connectivity index (χ1v) is 7.36. The molecule has 0 spiro atoms. The molecule has 1 rings (SSSR count). The molecule has 0 aromatic carbocycles. The molecule has 0 aliphatic carbocycles. The average molecular weight is 291 g/mol. The highest BCUT2D eigenvalue weighted by Gasteiger charge is 2.33. The van der Waals surface area contributed by atoms with Crippen molar-refractivity contribution in [1.29, 1.82) is 0 Å². The molecule has 1 fully saturated rings. The molecule has 1 aliphatic heterocycles. The first-order valence-electron chi connectivity index (χ1n) is 7.36. The standard InChI is InChI=1S/C14H27F2N3O/c1-12(2)17-13(20)11-18(3)7-4-8-19-9-5-14(15,16)6-10-19/h12H,4-11H2,1-3H3,(H,17,20). The molecule has 0 unspecified atom stereocenters. The third-order valence-electron chi connectivity index (χ3n) is 3.46. The lowest BCUT2D eigenvalue weighted by atomic mass is 10.1. The van der Waals surface area contributed by atoms with Crippen molar-refractivity contribution in [2.75, 3.05) is 39.8 Å². The maximum Gasteiger partial charge on any atom is 0.250 e. The summed E-state index contributed by atoms with van der Waals surface area (Å²) in [6, 6.07) is 0.158. The molecule has 0 atom stereocenters. The Morgan fingerprint density at radius 1 is 1.35 bits per heavy atom. The molecule has 0 bridgehead atoms. The summed E-state index contributed by atoms with van der Waals surface area (Å²) >= 11 is 0. The van der Waals surface area contributed by atoms with Crippen LogP contribution in [0.15, 0.2) is 0 Å². The molecular formula is C14H27F2N3O. The maximum absolute atomic E-state index is 13.0. The van der Waals surface area contributed by atoms with Crippen molar-refractivity contribution < 1.29 is 13.6 Å². The second-order valence-corrected chi connectivity index (χ2v) is 6.01. The van der Waals surface area contributed by atoms with E-state index in [0.717, 1.165) is 19.5 Å². The van der Waals surface area contributed by atoms with Gasteiger partial charge in [-0.2, -0.15) is 0 Å². The molecule has 4 nitrogen and oxygen atoms in total. The number of amides is 1. The number of piperidine rings is 1. The summed E-state index contributed by atoms with van der Waals surface area (Å²) in [4.78, 5) is 15.6. The van der Waals surface area contributed by atoms with Gasteiger partial charge >= 0.3 is 0 Å². The summed E-state index contributed by atoms with van der Waals surface area (Å²) in [7, 11) is 1.91. The van der Waals surface area contributed by atoms with E-state index in [0.29, 0.717) is 19.6 Å². The number of alkyl halides is 2. The maximum atomic E-state index is 13.0. The molecule has 6 heteroatoms. The van der Waals surface area contributed by atoms with Crippen LogP contribution in [-0.4, -0.2) is 67.4 Å². The van der Waals surface area contributed by atoms with Gasteiger partial charge in [0.15, 0.2) is 0 Å². The van der Waals surface area contributed by atoms with Gasteiger partial charge in [-0.3, -0.25) is 9.69 Å². The highest BCUT2D eigenvalue weighted by atomic mass is 19.3. The highest BCUT2D eigenvalue weighted by Crippen LogP contribution is 2.27. The van der Waals surface area contributed by atoms with Crippen LogP contribution in [0.5, 0.6) is 0 Å². The van der Waals surface area contributed by atoms with Crippen molar-refractivity contribution in [1.82, 2.24) is 15.1 Å². The lowest BCUT2D eigenvalue weighted by Crippen LogP contribution is -2.41. The summed E-state index contributed by atoms with van der Waals surface area (Å²) in [6.07, 6.45) is 0.844. The first-order chi connectivity index (χ1) is 9.28. The van der Waals surface area contributed by atoms with Crippen LogP contribution in [0.4, 0.5) is 8.78 Å². The Morgan fingerprint density at radius 3 is 2.50 bits per heavy atom. The minimum atomic E-state index is -2.47. The zero-order valence-electron chi connectivity index (χ0n) is 12.8. The van der Waals surface area contributed by atoms with Crippen LogP contribution in [0.3, 0.4) is 0 Å². The van der Waals surface area contributed by atoms with Gasteiger partial charge in [0.05, 0.1) is 6.54 Å². The molecule has 0 radical (unpaired) electrons. The van der Waals surface area contributed by atoms with Gasteiger partial charge in [0, 0.05) is 32.0 Å². The van der Waals surface area contributed by atoms with Crippen molar-refractivity contribution in [3.05, 3.63) is 0 Å². The van der Waals surface area contributed by atoms with E-state index < -0.39 is 5.92 Å².